The van der Waals surface area contributed by atoms with Crippen molar-refractivity contribution in [2.24, 2.45) is 0 Å². The van der Waals surface area contributed by atoms with E-state index >= 15 is 0 Å². The van der Waals surface area contributed by atoms with Crippen LogP contribution in [0, 0.1) is 0 Å². The first-order chi connectivity index (χ1) is 16.9. The van der Waals surface area contributed by atoms with Crippen LogP contribution in [0.5, 0.6) is 5.75 Å². The molecule has 174 valence electrons. The lowest BCUT2D eigenvalue weighted by Gasteiger charge is -2.17. The van der Waals surface area contributed by atoms with Crippen molar-refractivity contribution in [3.05, 3.63) is 96.1 Å². The summed E-state index contributed by atoms with van der Waals surface area (Å²) in [7, 11) is 0. The fourth-order valence-corrected chi connectivity index (χ4v) is 4.19. The van der Waals surface area contributed by atoms with Crippen molar-refractivity contribution in [1.29, 1.82) is 0 Å². The average Bonchev–Trinajstić information content (AvgIpc) is 3.33. The number of hydrogen-bond acceptors (Lipinski definition) is 6. The molecular formula is C27H21N3O5. The number of carbonyl (C=O) groups is 4. The molecule has 0 radical (unpaired) electrons. The van der Waals surface area contributed by atoms with Gasteiger partial charge in [-0.1, -0.05) is 24.3 Å². The van der Waals surface area contributed by atoms with Crippen molar-refractivity contribution < 1.29 is 24.3 Å². The summed E-state index contributed by atoms with van der Waals surface area (Å²) < 4.78 is 0. The fraction of sp³-hybridized carbons (Fsp3) is 0.111. The van der Waals surface area contributed by atoms with Crippen molar-refractivity contribution in [3.8, 4) is 5.75 Å². The molecule has 2 N–H and O–H groups in total. The van der Waals surface area contributed by atoms with E-state index < -0.39 is 6.04 Å². The molecule has 0 aliphatic carbocycles. The summed E-state index contributed by atoms with van der Waals surface area (Å²) >= 11 is 0. The molecule has 35 heavy (non-hydrogen) atoms. The van der Waals surface area contributed by atoms with Gasteiger partial charge in [0.15, 0.2) is 0 Å². The first-order valence-corrected chi connectivity index (χ1v) is 11.1. The van der Waals surface area contributed by atoms with Crippen molar-refractivity contribution in [2.45, 2.75) is 18.9 Å². The highest BCUT2D eigenvalue weighted by atomic mass is 16.3. The zero-order valence-electron chi connectivity index (χ0n) is 18.5. The number of benzene rings is 3. The fourth-order valence-electron chi connectivity index (χ4n) is 4.19. The normalized spacial score (nSPS) is 17.5. The number of anilines is 3. The van der Waals surface area contributed by atoms with Gasteiger partial charge in [-0.25, -0.2) is 9.80 Å². The highest BCUT2D eigenvalue weighted by Crippen LogP contribution is 2.27. The van der Waals surface area contributed by atoms with Crippen LogP contribution in [-0.2, 0) is 25.6 Å². The standard InChI is InChI=1S/C27H21N3O5/c31-22-11-5-19(6-12-22)28-23-16-26(34)30(27(23)35)21-9-3-18(4-10-21)15-17-1-7-20(8-2-17)29-24(32)13-14-25(29)33/h1-14,23,28,31H,15-16H2. The van der Waals surface area contributed by atoms with Crippen molar-refractivity contribution >= 4 is 40.7 Å². The molecule has 5 rings (SSSR count). The van der Waals surface area contributed by atoms with Gasteiger partial charge in [0.1, 0.15) is 11.8 Å². The van der Waals surface area contributed by atoms with Crippen molar-refractivity contribution in [3.63, 3.8) is 0 Å². The van der Waals surface area contributed by atoms with E-state index in [1.54, 1.807) is 36.4 Å². The van der Waals surface area contributed by atoms with Gasteiger partial charge in [-0.2, -0.15) is 0 Å². The third-order valence-electron chi connectivity index (χ3n) is 5.96. The molecule has 0 spiro atoms. The van der Waals surface area contributed by atoms with Crippen LogP contribution in [0.2, 0.25) is 0 Å². The second kappa shape index (κ2) is 8.90. The van der Waals surface area contributed by atoms with Gasteiger partial charge in [0.2, 0.25) is 5.91 Å². The molecule has 3 aromatic rings. The summed E-state index contributed by atoms with van der Waals surface area (Å²) in [6, 6.07) is 20.0. The number of phenols is 1. The van der Waals surface area contributed by atoms with Crippen LogP contribution in [0.25, 0.3) is 0 Å². The van der Waals surface area contributed by atoms with E-state index in [0.717, 1.165) is 16.0 Å². The Morgan fingerprint density at radius 3 is 1.77 bits per heavy atom. The van der Waals surface area contributed by atoms with Gasteiger partial charge in [0.25, 0.3) is 17.7 Å². The van der Waals surface area contributed by atoms with Crippen LogP contribution in [-0.4, -0.2) is 34.8 Å². The Kier molecular flexibility index (Phi) is 5.62. The van der Waals surface area contributed by atoms with E-state index in [2.05, 4.69) is 5.32 Å². The Morgan fingerprint density at radius 1 is 0.714 bits per heavy atom. The van der Waals surface area contributed by atoms with Gasteiger partial charge in [-0.05, 0) is 66.1 Å². The lowest BCUT2D eigenvalue weighted by molar-refractivity contribution is -0.122. The molecule has 2 aliphatic rings. The molecule has 1 unspecified atom stereocenters. The molecule has 0 bridgehead atoms. The summed E-state index contributed by atoms with van der Waals surface area (Å²) in [4.78, 5) is 51.4. The van der Waals surface area contributed by atoms with Crippen LogP contribution in [0.3, 0.4) is 0 Å². The molecule has 1 atom stereocenters. The molecular weight excluding hydrogens is 446 g/mol. The molecule has 8 nitrogen and oxygen atoms in total. The smallest absolute Gasteiger partial charge is 0.258 e. The number of nitrogens with one attached hydrogen (secondary N) is 1. The van der Waals surface area contributed by atoms with Crippen LogP contribution in [0.4, 0.5) is 17.1 Å². The van der Waals surface area contributed by atoms with Crippen LogP contribution >= 0.6 is 0 Å². The predicted molar refractivity (Wildman–Crippen MR) is 130 cm³/mol. The minimum absolute atomic E-state index is 0.0470. The van der Waals surface area contributed by atoms with Crippen molar-refractivity contribution in [1.82, 2.24) is 0 Å². The number of nitrogens with zero attached hydrogens (tertiary/aromatic N) is 2. The summed E-state index contributed by atoms with van der Waals surface area (Å²) in [5, 5.41) is 12.5. The number of amides is 4. The van der Waals surface area contributed by atoms with E-state index in [-0.39, 0.29) is 35.8 Å². The van der Waals surface area contributed by atoms with Gasteiger partial charge in [0.05, 0.1) is 17.8 Å². The summed E-state index contributed by atoms with van der Waals surface area (Å²) in [6.07, 6.45) is 3.15. The van der Waals surface area contributed by atoms with Gasteiger partial charge in [0, 0.05) is 17.8 Å². The third-order valence-corrected chi connectivity index (χ3v) is 5.96. The van der Waals surface area contributed by atoms with Gasteiger partial charge in [-0.15, -0.1) is 0 Å². The SMILES string of the molecule is O=C1C=CC(=O)N1c1ccc(Cc2ccc(N3C(=O)CC(Nc4ccc(O)cc4)C3=O)cc2)cc1. The number of hydrogen-bond donors (Lipinski definition) is 2. The molecule has 0 aromatic heterocycles. The minimum atomic E-state index is -0.671. The van der Waals surface area contributed by atoms with Crippen LogP contribution in [0.15, 0.2) is 84.9 Å². The maximum atomic E-state index is 12.9. The Bertz CT molecular complexity index is 1330. The summed E-state index contributed by atoms with van der Waals surface area (Å²) in [5.74, 6) is -1.20. The van der Waals surface area contributed by atoms with E-state index in [0.29, 0.717) is 23.5 Å². The number of imide groups is 2. The second-order valence-electron chi connectivity index (χ2n) is 8.37. The van der Waals surface area contributed by atoms with Crippen LogP contribution in [0.1, 0.15) is 17.5 Å². The molecule has 4 amide bonds. The maximum Gasteiger partial charge on any atom is 0.258 e. The van der Waals surface area contributed by atoms with Gasteiger partial charge >= 0.3 is 0 Å². The Morgan fingerprint density at radius 2 is 1.23 bits per heavy atom. The first kappa shape index (κ1) is 22.1. The van der Waals surface area contributed by atoms with E-state index in [1.165, 1.54) is 29.2 Å². The van der Waals surface area contributed by atoms with Crippen molar-refractivity contribution in [2.75, 3.05) is 15.1 Å². The van der Waals surface area contributed by atoms with E-state index in [4.69, 9.17) is 0 Å². The highest BCUT2D eigenvalue weighted by Gasteiger charge is 2.39. The molecule has 1 fully saturated rings. The number of carbonyl (C=O) groups excluding carboxylic acids is 4. The summed E-state index contributed by atoms with van der Waals surface area (Å²) in [5.41, 5.74) is 3.64. The maximum absolute atomic E-state index is 12.9. The minimum Gasteiger partial charge on any atom is -0.508 e. The zero-order valence-corrected chi connectivity index (χ0v) is 18.5. The van der Waals surface area contributed by atoms with Gasteiger partial charge < -0.3 is 10.4 Å². The highest BCUT2D eigenvalue weighted by molar-refractivity contribution is 6.28. The molecule has 1 saturated heterocycles. The number of aromatic hydroxyl groups is 1. The monoisotopic (exact) mass is 467 g/mol. The van der Waals surface area contributed by atoms with E-state index in [9.17, 15) is 24.3 Å². The molecule has 2 aliphatic heterocycles. The molecule has 0 saturated carbocycles. The predicted octanol–water partition coefficient (Wildman–Crippen LogP) is 3.16. The number of rotatable bonds is 6. The van der Waals surface area contributed by atoms with E-state index in [1.807, 2.05) is 24.3 Å². The summed E-state index contributed by atoms with van der Waals surface area (Å²) in [6.45, 7) is 0. The zero-order chi connectivity index (χ0) is 24.5. The quantitative estimate of drug-likeness (QED) is 0.426. The lowest BCUT2D eigenvalue weighted by atomic mass is 10.0. The molecule has 8 heteroatoms. The molecule has 2 heterocycles. The largest absolute Gasteiger partial charge is 0.508 e. The number of phenolic OH excluding ortho intramolecular Hbond substituents is 1. The van der Waals surface area contributed by atoms with Gasteiger partial charge in [-0.3, -0.25) is 19.2 Å². The average molecular weight is 467 g/mol. The third kappa shape index (κ3) is 4.41. The first-order valence-electron chi connectivity index (χ1n) is 11.1. The Labute approximate surface area is 201 Å². The Balaban J connectivity index is 1.24. The topological polar surface area (TPSA) is 107 Å². The van der Waals surface area contributed by atoms with Crippen LogP contribution < -0.4 is 15.1 Å². The second-order valence-corrected chi connectivity index (χ2v) is 8.37. The lowest BCUT2D eigenvalue weighted by Crippen LogP contribution is -2.34. The molecule has 3 aromatic carbocycles. The Hall–Kier alpha value is -4.72.